The molecule has 2 aliphatic heterocycles. The van der Waals surface area contributed by atoms with Gasteiger partial charge in [0.15, 0.2) is 0 Å². The fraction of sp³-hybridized carbons (Fsp3) is 0.625. The Kier molecular flexibility index (Phi) is 17.4. The zero-order valence-corrected chi connectivity index (χ0v) is 30.5. The summed E-state index contributed by atoms with van der Waals surface area (Å²) in [5.74, 6) is -0.0933. The molecule has 0 unspecified atom stereocenters. The second-order valence-electron chi connectivity index (χ2n) is 13.5. The molecule has 1 fully saturated rings. The molecule has 9 heteroatoms. The first-order valence-electron chi connectivity index (χ1n) is 18.9. The van der Waals surface area contributed by atoms with Crippen molar-refractivity contribution in [1.82, 2.24) is 9.80 Å². The standard InChI is InChI=1S/C40H58F3N3O2S/c1-2-3-4-5-6-7-8-9-10-11-12-13-14-15-16-25-38(47)48-33-32-45-30-28-44(29-31-45)26-20-27-46-35-22-17-18-23-36(35)49-37-24-19-21-34(39(37)46)40(41,42)43/h9-10,17-19,21-24H,2-8,11-16,20,25-33H2,1H3/b10-9-. The highest BCUT2D eigenvalue weighted by atomic mass is 32.2. The van der Waals surface area contributed by atoms with Crippen LogP contribution in [0.5, 0.6) is 0 Å². The van der Waals surface area contributed by atoms with Crippen molar-refractivity contribution >= 4 is 29.1 Å². The molecule has 0 bridgehead atoms. The van der Waals surface area contributed by atoms with Gasteiger partial charge >= 0.3 is 12.1 Å². The number of benzene rings is 2. The molecule has 2 aliphatic rings. The van der Waals surface area contributed by atoms with Crippen molar-refractivity contribution in [3.63, 3.8) is 0 Å². The number of esters is 1. The minimum Gasteiger partial charge on any atom is -0.464 e. The summed E-state index contributed by atoms with van der Waals surface area (Å²) in [6, 6.07) is 12.2. The average molecular weight is 702 g/mol. The molecule has 0 atom stereocenters. The molecule has 2 heterocycles. The van der Waals surface area contributed by atoms with Crippen molar-refractivity contribution in [2.24, 2.45) is 0 Å². The van der Waals surface area contributed by atoms with Gasteiger partial charge in [0.1, 0.15) is 6.61 Å². The summed E-state index contributed by atoms with van der Waals surface area (Å²) in [5.41, 5.74) is 0.539. The number of allylic oxidation sites excluding steroid dienone is 2. The largest absolute Gasteiger partial charge is 0.464 e. The lowest BCUT2D eigenvalue weighted by Gasteiger charge is -2.37. The van der Waals surface area contributed by atoms with Gasteiger partial charge in [-0.05, 0) is 69.3 Å². The molecule has 0 radical (unpaired) electrons. The van der Waals surface area contributed by atoms with Gasteiger partial charge in [0.2, 0.25) is 0 Å². The Labute approximate surface area is 297 Å². The van der Waals surface area contributed by atoms with Crippen molar-refractivity contribution in [3.8, 4) is 0 Å². The number of carbonyl (C=O) groups is 1. The second-order valence-corrected chi connectivity index (χ2v) is 14.5. The number of carbonyl (C=O) groups excluding carboxylic acids is 1. The fourth-order valence-electron chi connectivity index (χ4n) is 6.74. The SMILES string of the molecule is CCCCCCCC/C=C\CCCCCCCC(=O)OCCN1CCN(CCCN2c3ccccc3Sc3cccc(C(F)(F)F)c32)CC1. The second kappa shape index (κ2) is 21.7. The zero-order valence-electron chi connectivity index (χ0n) is 29.7. The molecular formula is C40H58F3N3O2S. The Morgan fingerprint density at radius 3 is 2.04 bits per heavy atom. The average Bonchev–Trinajstić information content (AvgIpc) is 3.09. The van der Waals surface area contributed by atoms with Gasteiger partial charge < -0.3 is 14.5 Å². The zero-order chi connectivity index (χ0) is 34.7. The minimum atomic E-state index is -4.41. The van der Waals surface area contributed by atoms with Gasteiger partial charge in [-0.15, -0.1) is 0 Å². The summed E-state index contributed by atoms with van der Waals surface area (Å²) in [6.07, 6.45) is 17.7. The Bertz CT molecular complexity index is 1280. The molecule has 1 saturated heterocycles. The van der Waals surface area contributed by atoms with Crippen LogP contribution in [0.2, 0.25) is 0 Å². The van der Waals surface area contributed by atoms with E-state index in [1.807, 2.05) is 29.2 Å². The van der Waals surface area contributed by atoms with Gasteiger partial charge in [-0.2, -0.15) is 13.2 Å². The lowest BCUT2D eigenvalue weighted by molar-refractivity contribution is -0.144. The molecule has 0 N–H and O–H groups in total. The van der Waals surface area contributed by atoms with Crippen LogP contribution >= 0.6 is 11.8 Å². The molecule has 272 valence electrons. The fourth-order valence-corrected chi connectivity index (χ4v) is 7.87. The highest BCUT2D eigenvalue weighted by Gasteiger charge is 2.38. The molecular weight excluding hydrogens is 644 g/mol. The highest BCUT2D eigenvalue weighted by molar-refractivity contribution is 7.99. The summed E-state index contributed by atoms with van der Waals surface area (Å²) in [6.45, 7) is 8.38. The quantitative estimate of drug-likeness (QED) is 0.0691. The first kappa shape index (κ1) is 39.3. The van der Waals surface area contributed by atoms with Crippen LogP contribution in [0.3, 0.4) is 0 Å². The topological polar surface area (TPSA) is 36.0 Å². The van der Waals surface area contributed by atoms with Crippen LogP contribution in [-0.2, 0) is 15.7 Å². The number of hydrogen-bond donors (Lipinski definition) is 0. The van der Waals surface area contributed by atoms with Crippen LogP contribution in [-0.4, -0.2) is 68.2 Å². The maximum absolute atomic E-state index is 14.0. The Hall–Kier alpha value is -2.49. The lowest BCUT2D eigenvalue weighted by atomic mass is 10.1. The van der Waals surface area contributed by atoms with Gasteiger partial charge in [-0.1, -0.05) is 100 Å². The van der Waals surface area contributed by atoms with Crippen LogP contribution in [0.15, 0.2) is 64.4 Å². The van der Waals surface area contributed by atoms with Gasteiger partial charge in [0.05, 0.1) is 16.9 Å². The van der Waals surface area contributed by atoms with Crippen molar-refractivity contribution < 1.29 is 22.7 Å². The molecule has 0 aliphatic carbocycles. The lowest BCUT2D eigenvalue weighted by Crippen LogP contribution is -2.47. The summed E-state index contributed by atoms with van der Waals surface area (Å²) in [5, 5.41) is 0. The van der Waals surface area contributed by atoms with Gasteiger partial charge in [-0.25, -0.2) is 0 Å². The van der Waals surface area contributed by atoms with Gasteiger partial charge in [-0.3, -0.25) is 9.69 Å². The Morgan fingerprint density at radius 1 is 0.735 bits per heavy atom. The molecule has 0 saturated carbocycles. The third kappa shape index (κ3) is 13.6. The van der Waals surface area contributed by atoms with E-state index in [2.05, 4.69) is 28.9 Å². The van der Waals surface area contributed by atoms with Crippen LogP contribution < -0.4 is 4.90 Å². The number of fused-ring (bicyclic) bond motifs is 2. The summed E-state index contributed by atoms with van der Waals surface area (Å²) >= 11 is 1.41. The predicted molar refractivity (Wildman–Crippen MR) is 197 cm³/mol. The number of alkyl halides is 3. The van der Waals surface area contributed by atoms with E-state index in [9.17, 15) is 18.0 Å². The van der Waals surface area contributed by atoms with Crippen LogP contribution in [0.4, 0.5) is 24.5 Å². The van der Waals surface area contributed by atoms with E-state index in [-0.39, 0.29) is 11.7 Å². The summed E-state index contributed by atoms with van der Waals surface area (Å²) < 4.78 is 47.5. The number of unbranched alkanes of at least 4 members (excludes halogenated alkanes) is 11. The van der Waals surface area contributed by atoms with E-state index in [0.29, 0.717) is 24.5 Å². The molecule has 5 nitrogen and oxygen atoms in total. The molecule has 4 rings (SSSR count). The van der Waals surface area contributed by atoms with Crippen molar-refractivity contribution in [2.45, 2.75) is 119 Å². The monoisotopic (exact) mass is 701 g/mol. The van der Waals surface area contributed by atoms with E-state index >= 15 is 0 Å². The van der Waals surface area contributed by atoms with E-state index in [1.54, 1.807) is 6.07 Å². The van der Waals surface area contributed by atoms with E-state index in [0.717, 1.165) is 69.1 Å². The first-order valence-corrected chi connectivity index (χ1v) is 19.7. The number of para-hydroxylation sites is 2. The van der Waals surface area contributed by atoms with Gasteiger partial charge in [0.25, 0.3) is 0 Å². The molecule has 0 amide bonds. The number of halogens is 3. The minimum absolute atomic E-state index is 0.0933. The van der Waals surface area contributed by atoms with Gasteiger partial charge in [0, 0.05) is 55.5 Å². The number of rotatable bonds is 22. The maximum Gasteiger partial charge on any atom is 0.418 e. The number of ether oxygens (including phenoxy) is 1. The normalized spacial score (nSPS) is 15.5. The molecule has 2 aromatic carbocycles. The van der Waals surface area contributed by atoms with E-state index in [4.69, 9.17) is 4.74 Å². The molecule has 2 aromatic rings. The molecule has 49 heavy (non-hydrogen) atoms. The number of hydrogen-bond acceptors (Lipinski definition) is 6. The predicted octanol–water partition coefficient (Wildman–Crippen LogP) is 10.9. The molecule has 0 spiro atoms. The third-order valence-electron chi connectivity index (χ3n) is 9.58. The van der Waals surface area contributed by atoms with Crippen molar-refractivity contribution in [2.75, 3.05) is 57.3 Å². The van der Waals surface area contributed by atoms with Crippen LogP contribution in [0.1, 0.15) is 109 Å². The Balaban J connectivity index is 1.03. The van der Waals surface area contributed by atoms with Crippen LogP contribution in [0.25, 0.3) is 0 Å². The van der Waals surface area contributed by atoms with Crippen molar-refractivity contribution in [1.29, 1.82) is 0 Å². The third-order valence-corrected chi connectivity index (χ3v) is 10.7. The maximum atomic E-state index is 14.0. The smallest absolute Gasteiger partial charge is 0.418 e. The van der Waals surface area contributed by atoms with E-state index in [1.165, 1.54) is 94.5 Å². The number of nitrogens with zero attached hydrogens (tertiary/aromatic N) is 3. The Morgan fingerprint density at radius 2 is 1.35 bits per heavy atom. The van der Waals surface area contributed by atoms with Crippen LogP contribution in [0, 0.1) is 0 Å². The van der Waals surface area contributed by atoms with E-state index < -0.39 is 11.7 Å². The summed E-state index contributed by atoms with van der Waals surface area (Å²) in [7, 11) is 0. The highest BCUT2D eigenvalue weighted by Crippen LogP contribution is 2.52. The van der Waals surface area contributed by atoms with Crippen molar-refractivity contribution in [3.05, 3.63) is 60.2 Å². The summed E-state index contributed by atoms with van der Waals surface area (Å²) in [4.78, 5) is 20.4. The molecule has 0 aromatic heterocycles. The number of anilines is 2. The first-order chi connectivity index (χ1) is 23.9. The number of piperazine rings is 1.